The van der Waals surface area contributed by atoms with Gasteiger partial charge in [-0.25, -0.2) is 4.98 Å². The summed E-state index contributed by atoms with van der Waals surface area (Å²) in [6.45, 7) is 6.63. The molecule has 2 aromatic rings. The molecule has 1 unspecified atom stereocenters. The molecule has 2 aliphatic rings. The topological polar surface area (TPSA) is 40.6 Å². The van der Waals surface area contributed by atoms with Crippen LogP contribution in [0.25, 0.3) is 10.9 Å². The van der Waals surface area contributed by atoms with E-state index < -0.39 is 0 Å². The van der Waals surface area contributed by atoms with Crippen LogP contribution in [-0.2, 0) is 11.3 Å². The maximum Gasteiger partial charge on any atom is 0.136 e. The first-order valence-electron chi connectivity index (χ1n) is 9.55. The Balaban J connectivity index is 1.63. The van der Waals surface area contributed by atoms with E-state index in [4.69, 9.17) is 16.3 Å². The third-order valence-electron chi connectivity index (χ3n) is 5.43. The summed E-state index contributed by atoms with van der Waals surface area (Å²) < 4.78 is 5.72. The standard InChI is InChI=1S/C20H27ClN4O/c1-24-8-10-25(11-9-24)19-16-6-2-3-7-18(16)23-20(21)17(19)14-22-13-15-5-4-12-26-15/h2-3,6-7,15,22H,4-5,8-14H2,1H3. The fraction of sp³-hybridized carbons (Fsp3) is 0.550. The van der Waals surface area contributed by atoms with Gasteiger partial charge in [0.2, 0.25) is 0 Å². The Morgan fingerprint density at radius 2 is 2.04 bits per heavy atom. The second-order valence-corrected chi connectivity index (χ2v) is 7.66. The molecule has 0 saturated carbocycles. The summed E-state index contributed by atoms with van der Waals surface area (Å²) in [7, 11) is 2.18. The highest BCUT2D eigenvalue weighted by Gasteiger charge is 2.23. The van der Waals surface area contributed by atoms with E-state index >= 15 is 0 Å². The van der Waals surface area contributed by atoms with Gasteiger partial charge in [0.15, 0.2) is 0 Å². The van der Waals surface area contributed by atoms with Crippen molar-refractivity contribution >= 4 is 28.2 Å². The molecule has 2 saturated heterocycles. The van der Waals surface area contributed by atoms with E-state index in [9.17, 15) is 0 Å². The minimum absolute atomic E-state index is 0.328. The predicted octanol–water partition coefficient (Wildman–Crippen LogP) is 2.91. The number of nitrogens with zero attached hydrogens (tertiary/aromatic N) is 3. The molecule has 1 aromatic heterocycles. The Morgan fingerprint density at radius 3 is 2.81 bits per heavy atom. The van der Waals surface area contributed by atoms with E-state index in [1.165, 1.54) is 11.1 Å². The second-order valence-electron chi connectivity index (χ2n) is 7.30. The molecular weight excluding hydrogens is 348 g/mol. The van der Waals surface area contributed by atoms with Crippen molar-refractivity contribution in [2.75, 3.05) is 51.3 Å². The van der Waals surface area contributed by atoms with E-state index in [2.05, 4.69) is 39.3 Å². The van der Waals surface area contributed by atoms with Crippen LogP contribution in [0, 0.1) is 0 Å². The molecule has 1 aromatic carbocycles. The number of pyridine rings is 1. The zero-order valence-corrected chi connectivity index (χ0v) is 16.1. The largest absolute Gasteiger partial charge is 0.377 e. The van der Waals surface area contributed by atoms with Gasteiger partial charge in [-0.15, -0.1) is 0 Å². The maximum atomic E-state index is 6.63. The minimum atomic E-state index is 0.328. The monoisotopic (exact) mass is 374 g/mol. The molecular formula is C20H27ClN4O. The molecule has 0 aliphatic carbocycles. The fourth-order valence-corrected chi connectivity index (χ4v) is 4.16. The highest BCUT2D eigenvalue weighted by Crippen LogP contribution is 2.34. The van der Waals surface area contributed by atoms with Gasteiger partial charge in [-0.1, -0.05) is 29.8 Å². The summed E-state index contributed by atoms with van der Waals surface area (Å²) in [5, 5.41) is 5.35. The van der Waals surface area contributed by atoms with Crippen LogP contribution in [-0.4, -0.2) is 62.4 Å². The summed E-state index contributed by atoms with van der Waals surface area (Å²) in [6.07, 6.45) is 2.63. The molecule has 1 N–H and O–H groups in total. The van der Waals surface area contributed by atoms with Crippen molar-refractivity contribution in [1.82, 2.24) is 15.2 Å². The SMILES string of the molecule is CN1CCN(c2c(CNCC3CCCO3)c(Cl)nc3ccccc23)CC1. The molecule has 0 radical (unpaired) electrons. The molecule has 5 nitrogen and oxygen atoms in total. The number of aromatic nitrogens is 1. The van der Waals surface area contributed by atoms with Crippen LogP contribution < -0.4 is 10.2 Å². The molecule has 26 heavy (non-hydrogen) atoms. The van der Waals surface area contributed by atoms with E-state index in [1.54, 1.807) is 0 Å². The van der Waals surface area contributed by atoms with Gasteiger partial charge in [-0.05, 0) is 26.0 Å². The number of fused-ring (bicyclic) bond motifs is 1. The van der Waals surface area contributed by atoms with Gasteiger partial charge >= 0.3 is 0 Å². The van der Waals surface area contributed by atoms with Gasteiger partial charge in [0.05, 0.1) is 17.3 Å². The molecule has 3 heterocycles. The van der Waals surface area contributed by atoms with Crippen LogP contribution in [0.15, 0.2) is 24.3 Å². The van der Waals surface area contributed by atoms with Crippen LogP contribution in [0.2, 0.25) is 5.15 Å². The lowest BCUT2D eigenvalue weighted by Crippen LogP contribution is -2.45. The van der Waals surface area contributed by atoms with Crippen molar-refractivity contribution in [2.45, 2.75) is 25.5 Å². The van der Waals surface area contributed by atoms with Crippen molar-refractivity contribution in [3.05, 3.63) is 35.0 Å². The summed E-state index contributed by atoms with van der Waals surface area (Å²) in [4.78, 5) is 9.50. The molecule has 4 rings (SSSR count). The number of rotatable bonds is 5. The first-order chi connectivity index (χ1) is 12.7. The van der Waals surface area contributed by atoms with Gasteiger partial charge < -0.3 is 19.9 Å². The molecule has 0 amide bonds. The molecule has 0 bridgehead atoms. The predicted molar refractivity (Wildman–Crippen MR) is 107 cm³/mol. The average Bonchev–Trinajstić information content (AvgIpc) is 3.16. The lowest BCUT2D eigenvalue weighted by molar-refractivity contribution is 0.110. The number of ether oxygens (including phenoxy) is 1. The number of hydrogen-bond donors (Lipinski definition) is 1. The summed E-state index contributed by atoms with van der Waals surface area (Å²) in [5.74, 6) is 0. The highest BCUT2D eigenvalue weighted by atomic mass is 35.5. The van der Waals surface area contributed by atoms with Crippen molar-refractivity contribution < 1.29 is 4.74 Å². The normalized spacial score (nSPS) is 21.6. The van der Waals surface area contributed by atoms with Crippen molar-refractivity contribution in [2.24, 2.45) is 0 Å². The van der Waals surface area contributed by atoms with Crippen LogP contribution in [0.1, 0.15) is 18.4 Å². The quantitative estimate of drug-likeness (QED) is 0.815. The Hall–Kier alpha value is -1.40. The summed E-state index contributed by atoms with van der Waals surface area (Å²) >= 11 is 6.63. The Labute approximate surface area is 160 Å². The van der Waals surface area contributed by atoms with E-state index in [0.717, 1.165) is 69.8 Å². The number of likely N-dealkylation sites (N-methyl/N-ethyl adjacent to an activating group) is 1. The van der Waals surface area contributed by atoms with Crippen LogP contribution >= 0.6 is 11.6 Å². The Bertz CT molecular complexity index is 755. The number of piperazine rings is 1. The van der Waals surface area contributed by atoms with Gasteiger partial charge in [-0.2, -0.15) is 0 Å². The number of para-hydroxylation sites is 1. The van der Waals surface area contributed by atoms with Crippen molar-refractivity contribution in [1.29, 1.82) is 0 Å². The van der Waals surface area contributed by atoms with Crippen molar-refractivity contribution in [3.8, 4) is 0 Å². The zero-order chi connectivity index (χ0) is 17.9. The third kappa shape index (κ3) is 3.81. The van der Waals surface area contributed by atoms with E-state index in [0.29, 0.717) is 11.3 Å². The number of hydrogen-bond acceptors (Lipinski definition) is 5. The van der Waals surface area contributed by atoms with Gasteiger partial charge in [0.25, 0.3) is 0 Å². The lowest BCUT2D eigenvalue weighted by atomic mass is 10.1. The molecule has 140 valence electrons. The molecule has 1 atom stereocenters. The number of benzene rings is 1. The minimum Gasteiger partial charge on any atom is -0.377 e. The first kappa shape index (κ1) is 18.0. The number of anilines is 1. The van der Waals surface area contributed by atoms with Crippen molar-refractivity contribution in [3.63, 3.8) is 0 Å². The number of halogens is 1. The van der Waals surface area contributed by atoms with E-state index in [-0.39, 0.29) is 0 Å². The van der Waals surface area contributed by atoms with Gasteiger partial charge in [0, 0.05) is 56.8 Å². The average molecular weight is 375 g/mol. The summed E-state index contributed by atoms with van der Waals surface area (Å²) in [6, 6.07) is 8.32. The van der Waals surface area contributed by atoms with Crippen LogP contribution in [0.4, 0.5) is 5.69 Å². The third-order valence-corrected chi connectivity index (χ3v) is 5.74. The summed E-state index contributed by atoms with van der Waals surface area (Å²) in [5.41, 5.74) is 3.32. The Kier molecular flexibility index (Phi) is 5.60. The van der Waals surface area contributed by atoms with Crippen LogP contribution in [0.5, 0.6) is 0 Å². The smallest absolute Gasteiger partial charge is 0.136 e. The first-order valence-corrected chi connectivity index (χ1v) is 9.93. The highest BCUT2D eigenvalue weighted by molar-refractivity contribution is 6.31. The zero-order valence-electron chi connectivity index (χ0n) is 15.4. The lowest BCUT2D eigenvalue weighted by Gasteiger charge is -2.36. The fourth-order valence-electron chi connectivity index (χ4n) is 3.92. The Morgan fingerprint density at radius 1 is 1.23 bits per heavy atom. The van der Waals surface area contributed by atoms with Gasteiger partial charge in [-0.3, -0.25) is 0 Å². The molecule has 2 aliphatic heterocycles. The molecule has 2 fully saturated rings. The van der Waals surface area contributed by atoms with Crippen LogP contribution in [0.3, 0.4) is 0 Å². The molecule has 0 spiro atoms. The second kappa shape index (κ2) is 8.09. The van der Waals surface area contributed by atoms with E-state index in [1.807, 2.05) is 12.1 Å². The maximum absolute atomic E-state index is 6.63. The molecule has 6 heteroatoms. The van der Waals surface area contributed by atoms with Gasteiger partial charge in [0.1, 0.15) is 5.15 Å². The number of nitrogens with one attached hydrogen (secondary N) is 1.